The van der Waals surface area contributed by atoms with Crippen LogP contribution in [0.3, 0.4) is 0 Å². The summed E-state index contributed by atoms with van der Waals surface area (Å²) in [5, 5.41) is 1.63. The molecule has 2 aromatic heterocycles. The van der Waals surface area contributed by atoms with Gasteiger partial charge in [0.2, 0.25) is 5.91 Å². The maximum Gasteiger partial charge on any atom is 0.228 e. The molecule has 0 fully saturated rings. The molecule has 0 atom stereocenters. The second-order valence-electron chi connectivity index (χ2n) is 4.10. The van der Waals surface area contributed by atoms with E-state index in [-0.39, 0.29) is 20.8 Å². The minimum Gasteiger partial charge on any atom is -0.301 e. The molecule has 0 aliphatic heterocycles. The molecule has 5 nitrogen and oxygen atoms in total. The molecule has 0 N–H and O–H groups in total. The average molecular weight is 342 g/mol. The van der Waals surface area contributed by atoms with Crippen molar-refractivity contribution in [3.8, 4) is 10.6 Å². The molecule has 2 rings (SSSR count). The Hall–Kier alpha value is -1.36. The average Bonchev–Trinajstić information content (AvgIpc) is 2.89. The molecule has 2 aromatic rings. The third kappa shape index (κ3) is 3.84. The van der Waals surface area contributed by atoms with Crippen LogP contribution in [0, 0.1) is 0 Å². The van der Waals surface area contributed by atoms with Crippen LogP contribution in [-0.2, 0) is 9.36 Å². The molecule has 0 spiro atoms. The molecule has 0 bridgehead atoms. The van der Waals surface area contributed by atoms with Crippen molar-refractivity contribution in [1.29, 1.82) is 0 Å². The zero-order chi connectivity index (χ0) is 15.2. The molecule has 0 saturated heterocycles. The van der Waals surface area contributed by atoms with E-state index in [1.54, 1.807) is 17.3 Å². The Balaban J connectivity index is 2.28. The molecule has 0 radical (unpaired) electrons. The van der Waals surface area contributed by atoms with E-state index in [9.17, 15) is 9.36 Å². The summed E-state index contributed by atoms with van der Waals surface area (Å²) < 4.78 is 10.5. The summed E-state index contributed by atoms with van der Waals surface area (Å²) >= 11 is 7.52. The fourth-order valence-corrected chi connectivity index (χ4v) is 3.45. The lowest BCUT2D eigenvalue weighted by molar-refractivity contribution is -0.118. The van der Waals surface area contributed by atoms with Crippen molar-refractivity contribution in [2.45, 2.75) is 13.3 Å². The number of thiazole rings is 1. The van der Waals surface area contributed by atoms with E-state index in [1.807, 2.05) is 19.1 Å². The molecule has 8 heteroatoms. The zero-order valence-electron chi connectivity index (χ0n) is 11.3. The van der Waals surface area contributed by atoms with Gasteiger partial charge < -0.3 is 4.90 Å². The lowest BCUT2D eigenvalue weighted by atomic mass is 10.3. The van der Waals surface area contributed by atoms with Crippen LogP contribution in [0.4, 0.5) is 5.00 Å². The summed E-state index contributed by atoms with van der Waals surface area (Å²) in [6.45, 7) is 2.36. The lowest BCUT2D eigenvalue weighted by Crippen LogP contribution is -2.30. The Morgan fingerprint density at radius 2 is 2.33 bits per heavy atom. The summed E-state index contributed by atoms with van der Waals surface area (Å²) in [6, 6.07) is 3.71. The molecule has 0 aliphatic carbocycles. The molecule has 1 amide bonds. The fraction of sp³-hybridized carbons (Fsp3) is 0.308. The second-order valence-corrected chi connectivity index (χ2v) is 6.14. The highest BCUT2D eigenvalue weighted by molar-refractivity contribution is 7.23. The fourth-order valence-electron chi connectivity index (χ4n) is 1.78. The standard InChI is InChI=1S/C13H13ClN3O2PS/c1-2-17(10(18)5-7-20-19)13-11(14)16-12(21-13)9-4-3-6-15-8-9/h3-4,6,8H,2,5,7H2,1H3. The number of anilines is 1. The largest absolute Gasteiger partial charge is 0.301 e. The van der Waals surface area contributed by atoms with E-state index >= 15 is 0 Å². The first kappa shape index (κ1) is 16.0. The Labute approximate surface area is 133 Å². The van der Waals surface area contributed by atoms with Crippen molar-refractivity contribution >= 4 is 42.3 Å². The number of halogens is 1. The van der Waals surface area contributed by atoms with Gasteiger partial charge in [0, 0.05) is 37.1 Å². The van der Waals surface area contributed by atoms with Gasteiger partial charge in [0.1, 0.15) is 10.0 Å². The number of carbonyl (C=O) groups is 1. The van der Waals surface area contributed by atoms with Gasteiger partial charge in [-0.25, -0.2) is 4.98 Å². The first-order valence-corrected chi connectivity index (χ1v) is 8.52. The molecule has 21 heavy (non-hydrogen) atoms. The topological polar surface area (TPSA) is 63.2 Å². The number of amides is 1. The van der Waals surface area contributed by atoms with E-state index in [0.717, 1.165) is 10.6 Å². The normalized spacial score (nSPS) is 10.8. The van der Waals surface area contributed by atoms with Crippen LogP contribution in [0.2, 0.25) is 5.15 Å². The summed E-state index contributed by atoms with van der Waals surface area (Å²) in [6.07, 6.45) is 3.91. The third-order valence-electron chi connectivity index (χ3n) is 2.76. The Bertz CT molecular complexity index is 636. The number of hydrogen-bond acceptors (Lipinski definition) is 5. The molecule has 0 saturated carbocycles. The summed E-state index contributed by atoms with van der Waals surface area (Å²) in [4.78, 5) is 22.0. The van der Waals surface area contributed by atoms with Crippen LogP contribution in [0.5, 0.6) is 0 Å². The van der Waals surface area contributed by atoms with Crippen molar-refractivity contribution < 1.29 is 9.36 Å². The molecular weight excluding hydrogens is 329 g/mol. The number of aromatic nitrogens is 2. The number of rotatable bonds is 6. The van der Waals surface area contributed by atoms with Gasteiger partial charge in [-0.3, -0.25) is 14.3 Å². The smallest absolute Gasteiger partial charge is 0.228 e. The van der Waals surface area contributed by atoms with Crippen LogP contribution < -0.4 is 4.90 Å². The quantitative estimate of drug-likeness (QED) is 0.748. The van der Waals surface area contributed by atoms with Crippen LogP contribution in [0.1, 0.15) is 13.3 Å². The molecule has 0 unspecified atom stereocenters. The van der Waals surface area contributed by atoms with Crippen LogP contribution in [0.15, 0.2) is 24.5 Å². The van der Waals surface area contributed by atoms with Gasteiger partial charge in [0.25, 0.3) is 0 Å². The minimum absolute atomic E-state index is 0.0301. The van der Waals surface area contributed by atoms with Crippen LogP contribution in [-0.4, -0.2) is 28.6 Å². The molecule has 2 heterocycles. The third-order valence-corrected chi connectivity index (χ3v) is 4.67. The highest BCUT2D eigenvalue weighted by atomic mass is 35.5. The van der Waals surface area contributed by atoms with Gasteiger partial charge >= 0.3 is 0 Å². The van der Waals surface area contributed by atoms with Crippen molar-refractivity contribution in [3.05, 3.63) is 29.7 Å². The number of carbonyl (C=O) groups excluding carboxylic acids is 1. The van der Waals surface area contributed by atoms with Gasteiger partial charge in [-0.15, -0.1) is 0 Å². The van der Waals surface area contributed by atoms with E-state index < -0.39 is 0 Å². The number of pyridine rings is 1. The zero-order valence-corrected chi connectivity index (χ0v) is 13.8. The van der Waals surface area contributed by atoms with Gasteiger partial charge in [0.15, 0.2) is 13.6 Å². The first-order valence-electron chi connectivity index (χ1n) is 6.33. The Kier molecular flexibility index (Phi) is 5.79. The van der Waals surface area contributed by atoms with E-state index in [1.165, 1.54) is 11.3 Å². The summed E-state index contributed by atoms with van der Waals surface area (Å²) in [5.41, 5.74) is 0.859. The number of nitrogens with zero attached hydrogens (tertiary/aromatic N) is 3. The van der Waals surface area contributed by atoms with Gasteiger partial charge in [0.05, 0.1) is 0 Å². The van der Waals surface area contributed by atoms with Crippen molar-refractivity contribution in [3.63, 3.8) is 0 Å². The van der Waals surface area contributed by atoms with Gasteiger partial charge in [-0.2, -0.15) is 0 Å². The highest BCUT2D eigenvalue weighted by Gasteiger charge is 2.21. The maximum absolute atomic E-state index is 12.1. The molecule has 0 aliphatic rings. The van der Waals surface area contributed by atoms with Crippen molar-refractivity contribution in [2.75, 3.05) is 17.6 Å². The summed E-state index contributed by atoms with van der Waals surface area (Å²) in [7, 11) is -0.0301. The van der Waals surface area contributed by atoms with Crippen LogP contribution in [0.25, 0.3) is 10.6 Å². The Morgan fingerprint density at radius 1 is 1.52 bits per heavy atom. The monoisotopic (exact) mass is 341 g/mol. The second kappa shape index (κ2) is 7.59. The lowest BCUT2D eigenvalue weighted by Gasteiger charge is -2.18. The SMILES string of the molecule is CCN(C(=O)CCP=O)c1sc(-c2cccnc2)nc1Cl. The first-order chi connectivity index (χ1) is 10.2. The van der Waals surface area contributed by atoms with E-state index in [0.29, 0.717) is 22.9 Å². The van der Waals surface area contributed by atoms with Crippen molar-refractivity contribution in [2.24, 2.45) is 0 Å². The number of hydrogen-bond donors (Lipinski definition) is 0. The molecular formula is C13H13ClN3O2PS. The van der Waals surface area contributed by atoms with Gasteiger partial charge in [-0.1, -0.05) is 22.9 Å². The van der Waals surface area contributed by atoms with E-state index in [2.05, 4.69) is 9.97 Å². The minimum atomic E-state index is -0.107. The van der Waals surface area contributed by atoms with Crippen molar-refractivity contribution in [1.82, 2.24) is 9.97 Å². The predicted molar refractivity (Wildman–Crippen MR) is 85.5 cm³/mol. The highest BCUT2D eigenvalue weighted by Crippen LogP contribution is 2.37. The Morgan fingerprint density at radius 3 is 2.95 bits per heavy atom. The van der Waals surface area contributed by atoms with Gasteiger partial charge in [-0.05, 0) is 19.1 Å². The molecule has 0 aromatic carbocycles. The van der Waals surface area contributed by atoms with Crippen LogP contribution >= 0.6 is 31.4 Å². The maximum atomic E-state index is 12.1. The summed E-state index contributed by atoms with van der Waals surface area (Å²) in [5.74, 6) is -0.107. The predicted octanol–water partition coefficient (Wildman–Crippen LogP) is 3.89. The molecule has 110 valence electrons. The van der Waals surface area contributed by atoms with E-state index in [4.69, 9.17) is 11.6 Å².